The molecule has 0 radical (unpaired) electrons. The van der Waals surface area contributed by atoms with Gasteiger partial charge in [0, 0.05) is 55.6 Å². The van der Waals surface area contributed by atoms with Crippen molar-refractivity contribution in [1.29, 1.82) is 0 Å². The number of nitrogens with one attached hydrogen (secondary N) is 1. The maximum atomic E-state index is 12.7. The summed E-state index contributed by atoms with van der Waals surface area (Å²) < 4.78 is 16.1. The summed E-state index contributed by atoms with van der Waals surface area (Å²) in [5, 5.41) is 7.09. The van der Waals surface area contributed by atoms with E-state index in [0.717, 1.165) is 30.1 Å². The fourth-order valence-corrected chi connectivity index (χ4v) is 4.65. The number of carbonyl (C=O) groups excluding carboxylic acids is 1. The van der Waals surface area contributed by atoms with Gasteiger partial charge >= 0.3 is 6.03 Å². The number of aromatic nitrogens is 3. The molecule has 10 heteroatoms. The van der Waals surface area contributed by atoms with Gasteiger partial charge in [-0.05, 0) is 37.1 Å². The molecule has 1 N–H and O–H groups in total. The molecule has 10 nitrogen and oxygen atoms in total. The number of benzene rings is 1. The van der Waals surface area contributed by atoms with Crippen molar-refractivity contribution in [2.45, 2.75) is 31.6 Å². The summed E-state index contributed by atoms with van der Waals surface area (Å²) in [7, 11) is 3.15. The van der Waals surface area contributed by atoms with E-state index in [1.165, 1.54) is 12.8 Å². The van der Waals surface area contributed by atoms with Crippen LogP contribution in [-0.4, -0.2) is 66.5 Å². The summed E-state index contributed by atoms with van der Waals surface area (Å²) >= 11 is 0. The molecule has 3 aromatic rings. The Morgan fingerprint density at radius 1 is 1.03 bits per heavy atom. The fourth-order valence-electron chi connectivity index (χ4n) is 4.65. The van der Waals surface area contributed by atoms with Crippen molar-refractivity contribution < 1.29 is 18.8 Å². The average Bonchev–Trinajstić information content (AvgIpc) is 3.61. The number of piperazine rings is 1. The number of methoxy groups -OCH3 is 2. The summed E-state index contributed by atoms with van der Waals surface area (Å²) in [5.41, 5.74) is 1.50. The smallest absolute Gasteiger partial charge is 0.321 e. The number of anilines is 2. The molecule has 1 saturated carbocycles. The molecule has 0 atom stereocenters. The third-order valence-corrected chi connectivity index (χ3v) is 6.68. The highest BCUT2D eigenvalue weighted by Crippen LogP contribution is 2.34. The molecule has 3 heterocycles. The minimum absolute atomic E-state index is 0.143. The molecule has 2 aliphatic rings. The van der Waals surface area contributed by atoms with Crippen LogP contribution >= 0.6 is 0 Å². The number of nitrogens with zero attached hydrogens (tertiary/aromatic N) is 5. The average molecular weight is 479 g/mol. The van der Waals surface area contributed by atoms with Gasteiger partial charge in [-0.25, -0.2) is 9.78 Å². The Morgan fingerprint density at radius 2 is 1.80 bits per heavy atom. The van der Waals surface area contributed by atoms with Crippen molar-refractivity contribution in [3.05, 3.63) is 42.4 Å². The summed E-state index contributed by atoms with van der Waals surface area (Å²) in [5.74, 6) is 3.77. The number of amides is 2. The van der Waals surface area contributed by atoms with Crippen LogP contribution in [0.3, 0.4) is 0 Å². The van der Waals surface area contributed by atoms with Crippen molar-refractivity contribution in [3.63, 3.8) is 0 Å². The molecular formula is C25H30N6O4. The van der Waals surface area contributed by atoms with Crippen LogP contribution in [0, 0.1) is 0 Å². The van der Waals surface area contributed by atoms with E-state index in [1.54, 1.807) is 43.5 Å². The number of pyridine rings is 1. The topological polar surface area (TPSA) is 106 Å². The molecule has 2 amide bonds. The highest BCUT2D eigenvalue weighted by atomic mass is 16.5. The largest absolute Gasteiger partial charge is 0.493 e. The Morgan fingerprint density at radius 3 is 2.49 bits per heavy atom. The molecule has 35 heavy (non-hydrogen) atoms. The number of carbonyl (C=O) groups is 1. The third kappa shape index (κ3) is 5.01. The molecule has 0 bridgehead atoms. The van der Waals surface area contributed by atoms with Crippen LogP contribution in [-0.2, 0) is 0 Å². The standard InChI is InChI=1S/C25H30N6O4/c1-33-20-9-8-19(15-21(20)34-2)27-25(32)31-13-11-30(12-14-31)22-10-7-18(16-26-22)23-28-24(35-29-23)17-5-3-4-6-17/h7-10,15-17H,3-6,11-14H2,1-2H3,(H,27,32). The first kappa shape index (κ1) is 22.9. The normalized spacial score (nSPS) is 16.4. The van der Waals surface area contributed by atoms with E-state index >= 15 is 0 Å². The van der Waals surface area contributed by atoms with Gasteiger partial charge in [0.25, 0.3) is 0 Å². The molecule has 184 valence electrons. The minimum atomic E-state index is -0.143. The summed E-state index contributed by atoms with van der Waals surface area (Å²) in [4.78, 5) is 25.9. The van der Waals surface area contributed by atoms with Crippen molar-refractivity contribution in [1.82, 2.24) is 20.0 Å². The maximum absolute atomic E-state index is 12.7. The van der Waals surface area contributed by atoms with Crippen LogP contribution in [0.1, 0.15) is 37.5 Å². The van der Waals surface area contributed by atoms with Crippen molar-refractivity contribution in [2.24, 2.45) is 0 Å². The van der Waals surface area contributed by atoms with Gasteiger partial charge in [0.15, 0.2) is 11.5 Å². The molecule has 2 fully saturated rings. The van der Waals surface area contributed by atoms with Gasteiger partial charge in [-0.15, -0.1) is 0 Å². The van der Waals surface area contributed by atoms with Gasteiger partial charge in [0.2, 0.25) is 11.7 Å². The Bertz CT molecular complexity index is 1150. The molecule has 0 spiro atoms. The Labute approximate surface area is 204 Å². The molecular weight excluding hydrogens is 448 g/mol. The summed E-state index contributed by atoms with van der Waals surface area (Å²) in [6.07, 6.45) is 6.48. The van der Waals surface area contributed by atoms with E-state index in [4.69, 9.17) is 14.0 Å². The summed E-state index contributed by atoms with van der Waals surface area (Å²) in [6, 6.07) is 9.11. The first-order valence-electron chi connectivity index (χ1n) is 12.0. The van der Waals surface area contributed by atoms with Gasteiger partial charge < -0.3 is 29.1 Å². The van der Waals surface area contributed by atoms with Crippen LogP contribution in [0.15, 0.2) is 41.1 Å². The Kier molecular flexibility index (Phi) is 6.69. The zero-order chi connectivity index (χ0) is 24.2. The molecule has 1 saturated heterocycles. The molecule has 5 rings (SSSR count). The first-order valence-corrected chi connectivity index (χ1v) is 12.0. The van der Waals surface area contributed by atoms with Crippen LogP contribution in [0.2, 0.25) is 0 Å². The lowest BCUT2D eigenvalue weighted by Crippen LogP contribution is -2.50. The van der Waals surface area contributed by atoms with Gasteiger partial charge in [-0.2, -0.15) is 4.98 Å². The lowest BCUT2D eigenvalue weighted by molar-refractivity contribution is 0.208. The van der Waals surface area contributed by atoms with E-state index in [9.17, 15) is 4.79 Å². The second-order valence-electron chi connectivity index (χ2n) is 8.82. The molecule has 1 aromatic carbocycles. The van der Waals surface area contributed by atoms with Crippen LogP contribution in [0.25, 0.3) is 11.4 Å². The second kappa shape index (κ2) is 10.2. The number of urea groups is 1. The van der Waals surface area contributed by atoms with Crippen LogP contribution < -0.4 is 19.7 Å². The number of ether oxygens (including phenoxy) is 2. The highest BCUT2D eigenvalue weighted by Gasteiger charge is 2.24. The maximum Gasteiger partial charge on any atom is 0.321 e. The van der Waals surface area contributed by atoms with E-state index in [0.29, 0.717) is 55.1 Å². The Hall–Kier alpha value is -3.82. The van der Waals surface area contributed by atoms with Gasteiger partial charge in [-0.3, -0.25) is 0 Å². The first-order chi connectivity index (χ1) is 17.1. The number of hydrogen-bond acceptors (Lipinski definition) is 8. The van der Waals surface area contributed by atoms with E-state index in [-0.39, 0.29) is 6.03 Å². The van der Waals surface area contributed by atoms with Crippen molar-refractivity contribution >= 4 is 17.5 Å². The predicted molar refractivity (Wildman–Crippen MR) is 131 cm³/mol. The van der Waals surface area contributed by atoms with Crippen LogP contribution in [0.5, 0.6) is 11.5 Å². The number of hydrogen-bond donors (Lipinski definition) is 1. The van der Waals surface area contributed by atoms with E-state index in [1.807, 2.05) is 12.1 Å². The summed E-state index contributed by atoms with van der Waals surface area (Å²) in [6.45, 7) is 2.58. The second-order valence-corrected chi connectivity index (χ2v) is 8.82. The zero-order valence-corrected chi connectivity index (χ0v) is 20.1. The fraction of sp³-hybridized carbons (Fsp3) is 0.440. The molecule has 1 aliphatic heterocycles. The molecule has 0 unspecified atom stereocenters. The van der Waals surface area contributed by atoms with Crippen molar-refractivity contribution in [2.75, 3.05) is 50.6 Å². The Balaban J connectivity index is 1.15. The molecule has 2 aromatic heterocycles. The van der Waals surface area contributed by atoms with E-state index < -0.39 is 0 Å². The zero-order valence-electron chi connectivity index (χ0n) is 20.1. The third-order valence-electron chi connectivity index (χ3n) is 6.68. The van der Waals surface area contributed by atoms with Gasteiger partial charge in [-0.1, -0.05) is 18.0 Å². The minimum Gasteiger partial charge on any atom is -0.493 e. The SMILES string of the molecule is COc1ccc(NC(=O)N2CCN(c3ccc(-c4noc(C5CCCC5)n4)cn3)CC2)cc1OC. The highest BCUT2D eigenvalue weighted by molar-refractivity contribution is 5.90. The predicted octanol–water partition coefficient (Wildman–Crippen LogP) is 4.16. The van der Waals surface area contributed by atoms with Crippen LogP contribution in [0.4, 0.5) is 16.3 Å². The lowest BCUT2D eigenvalue weighted by atomic mass is 10.1. The van der Waals surface area contributed by atoms with Gasteiger partial charge in [0.05, 0.1) is 14.2 Å². The quantitative estimate of drug-likeness (QED) is 0.563. The van der Waals surface area contributed by atoms with Crippen molar-refractivity contribution in [3.8, 4) is 22.9 Å². The molecule has 1 aliphatic carbocycles. The lowest BCUT2D eigenvalue weighted by Gasteiger charge is -2.35. The monoisotopic (exact) mass is 478 g/mol. The van der Waals surface area contributed by atoms with E-state index in [2.05, 4.69) is 25.3 Å². The van der Waals surface area contributed by atoms with Gasteiger partial charge in [0.1, 0.15) is 5.82 Å². The number of rotatable bonds is 6.